The van der Waals surface area contributed by atoms with Crippen molar-refractivity contribution in [3.05, 3.63) is 23.0 Å². The monoisotopic (exact) mass is 481 g/mol. The van der Waals surface area contributed by atoms with E-state index in [4.69, 9.17) is 11.6 Å². The van der Waals surface area contributed by atoms with Gasteiger partial charge in [-0.2, -0.15) is 0 Å². The number of halogens is 2. The van der Waals surface area contributed by atoms with Gasteiger partial charge in [-0.3, -0.25) is 4.99 Å². The molecule has 0 radical (unpaired) electrons. The van der Waals surface area contributed by atoms with Gasteiger partial charge in [0.25, 0.3) is 0 Å². The van der Waals surface area contributed by atoms with E-state index in [1.807, 2.05) is 26.4 Å². The Morgan fingerprint density at radius 1 is 1.48 bits per heavy atom. The van der Waals surface area contributed by atoms with Crippen LogP contribution in [0.3, 0.4) is 0 Å². The van der Waals surface area contributed by atoms with Crippen molar-refractivity contribution in [2.75, 3.05) is 40.3 Å². The lowest BCUT2D eigenvalue weighted by molar-refractivity contribution is 0.182. The Balaban J connectivity index is 0.00000312. The molecule has 0 bridgehead atoms. The normalized spacial score (nSPS) is 18.8. The largest absolute Gasteiger partial charge is 0.356 e. The van der Waals surface area contributed by atoms with E-state index < -0.39 is 0 Å². The highest BCUT2D eigenvalue weighted by atomic mass is 127. The number of nitrogens with zero attached hydrogens (tertiary/aromatic N) is 4. The number of aliphatic imine (C=N–C) groups is 1. The summed E-state index contributed by atoms with van der Waals surface area (Å²) in [7, 11) is 5.91. The van der Waals surface area contributed by atoms with Crippen LogP contribution >= 0.6 is 35.6 Å². The Morgan fingerprint density at radius 3 is 2.84 bits per heavy atom. The molecule has 1 aliphatic heterocycles. The van der Waals surface area contributed by atoms with Crippen LogP contribution in [0.15, 0.2) is 17.3 Å². The number of aryl methyl sites for hydroxylation is 1. The summed E-state index contributed by atoms with van der Waals surface area (Å²) in [6.45, 7) is 7.78. The van der Waals surface area contributed by atoms with Crippen molar-refractivity contribution >= 4 is 41.5 Å². The molecule has 0 amide bonds. The quantitative estimate of drug-likeness (QED) is 0.293. The Hall–Kier alpha value is -0.470. The highest BCUT2D eigenvalue weighted by Gasteiger charge is 2.15. The molecule has 1 N–H and O–H groups in total. The molecule has 0 saturated carbocycles. The molecule has 1 saturated heterocycles. The fourth-order valence-corrected chi connectivity index (χ4v) is 3.69. The van der Waals surface area contributed by atoms with Crippen molar-refractivity contribution in [3.63, 3.8) is 0 Å². The third kappa shape index (κ3) is 7.35. The van der Waals surface area contributed by atoms with Crippen LogP contribution in [0.1, 0.15) is 31.9 Å². The van der Waals surface area contributed by atoms with Gasteiger partial charge in [0.2, 0.25) is 0 Å². The number of aromatic nitrogens is 1. The first kappa shape index (κ1) is 22.6. The number of rotatable bonds is 6. The lowest BCUT2D eigenvalue weighted by Crippen LogP contribution is -2.41. The summed E-state index contributed by atoms with van der Waals surface area (Å²) >= 11 is 6.06. The summed E-state index contributed by atoms with van der Waals surface area (Å²) in [6, 6.07) is 2.00. The van der Waals surface area contributed by atoms with E-state index in [0.29, 0.717) is 0 Å². The Labute approximate surface area is 174 Å². The second-order valence-corrected chi connectivity index (χ2v) is 7.43. The number of hydrogen-bond donors (Lipinski definition) is 1. The predicted molar refractivity (Wildman–Crippen MR) is 118 cm³/mol. The molecule has 144 valence electrons. The third-order valence-corrected chi connectivity index (χ3v) is 4.93. The van der Waals surface area contributed by atoms with E-state index in [1.165, 1.54) is 38.2 Å². The van der Waals surface area contributed by atoms with E-state index in [9.17, 15) is 0 Å². The van der Waals surface area contributed by atoms with Crippen molar-refractivity contribution in [1.82, 2.24) is 19.7 Å². The van der Waals surface area contributed by atoms with Crippen molar-refractivity contribution in [3.8, 4) is 0 Å². The van der Waals surface area contributed by atoms with Crippen LogP contribution in [0.2, 0.25) is 5.02 Å². The van der Waals surface area contributed by atoms with Gasteiger partial charge in [0.1, 0.15) is 0 Å². The van der Waals surface area contributed by atoms with Gasteiger partial charge < -0.3 is 19.7 Å². The minimum absolute atomic E-state index is 0. The Morgan fingerprint density at radius 2 is 2.24 bits per heavy atom. The van der Waals surface area contributed by atoms with Gasteiger partial charge in [-0.15, -0.1) is 24.0 Å². The Kier molecular flexibility index (Phi) is 10.2. The standard InChI is InChI=1S/C18H32ClN5.HI/c1-15-7-5-9-24(12-15)10-6-8-21-18(20-2)23(4)14-17-11-16(19)13-22(17)3;/h11,13,15H,5-10,12,14H2,1-4H3,(H,20,21);1H. The molecule has 7 heteroatoms. The van der Waals surface area contributed by atoms with E-state index in [1.54, 1.807) is 0 Å². The fraction of sp³-hybridized carbons (Fsp3) is 0.722. The zero-order valence-electron chi connectivity index (χ0n) is 16.0. The van der Waals surface area contributed by atoms with Crippen LogP contribution in [-0.2, 0) is 13.6 Å². The van der Waals surface area contributed by atoms with Gasteiger partial charge in [0, 0.05) is 46.1 Å². The van der Waals surface area contributed by atoms with Gasteiger partial charge >= 0.3 is 0 Å². The molecule has 1 aromatic rings. The minimum Gasteiger partial charge on any atom is -0.356 e. The zero-order chi connectivity index (χ0) is 17.5. The molecular formula is C18H33ClIN5. The fourth-order valence-electron chi connectivity index (χ4n) is 3.42. The van der Waals surface area contributed by atoms with Crippen molar-refractivity contribution < 1.29 is 0 Å². The molecule has 1 aromatic heterocycles. The highest BCUT2D eigenvalue weighted by Crippen LogP contribution is 2.15. The van der Waals surface area contributed by atoms with Crippen LogP contribution in [0.25, 0.3) is 0 Å². The maximum absolute atomic E-state index is 6.06. The van der Waals surface area contributed by atoms with Gasteiger partial charge in [-0.25, -0.2) is 0 Å². The van der Waals surface area contributed by atoms with Gasteiger partial charge in [-0.05, 0) is 44.3 Å². The summed E-state index contributed by atoms with van der Waals surface area (Å²) in [5, 5.41) is 4.25. The molecule has 2 heterocycles. The zero-order valence-corrected chi connectivity index (χ0v) is 19.1. The number of nitrogens with one attached hydrogen (secondary N) is 1. The molecular weight excluding hydrogens is 449 g/mol. The Bertz CT molecular complexity index is 546. The topological polar surface area (TPSA) is 35.8 Å². The summed E-state index contributed by atoms with van der Waals surface area (Å²) in [6.07, 6.45) is 5.81. The second-order valence-electron chi connectivity index (χ2n) is 6.99. The van der Waals surface area contributed by atoms with E-state index in [0.717, 1.165) is 36.4 Å². The summed E-state index contributed by atoms with van der Waals surface area (Å²) in [5.41, 5.74) is 1.17. The van der Waals surface area contributed by atoms with Crippen LogP contribution in [0.5, 0.6) is 0 Å². The smallest absolute Gasteiger partial charge is 0.193 e. The van der Waals surface area contributed by atoms with Crippen LogP contribution in [-0.4, -0.2) is 60.6 Å². The summed E-state index contributed by atoms with van der Waals surface area (Å²) < 4.78 is 2.06. The molecule has 1 aliphatic rings. The van der Waals surface area contributed by atoms with E-state index >= 15 is 0 Å². The molecule has 0 aliphatic carbocycles. The van der Waals surface area contributed by atoms with Gasteiger partial charge in [0.05, 0.1) is 11.6 Å². The van der Waals surface area contributed by atoms with E-state index in [2.05, 4.69) is 38.6 Å². The maximum Gasteiger partial charge on any atom is 0.193 e. The SMILES string of the molecule is CN=C(NCCCN1CCCC(C)C1)N(C)Cc1cc(Cl)cn1C.I. The molecule has 1 fully saturated rings. The summed E-state index contributed by atoms with van der Waals surface area (Å²) in [4.78, 5) is 9.12. The summed E-state index contributed by atoms with van der Waals surface area (Å²) in [5.74, 6) is 1.78. The number of hydrogen-bond acceptors (Lipinski definition) is 2. The first-order chi connectivity index (χ1) is 11.5. The van der Waals surface area contributed by atoms with Crippen molar-refractivity contribution in [1.29, 1.82) is 0 Å². The molecule has 2 rings (SSSR count). The lowest BCUT2D eigenvalue weighted by Gasteiger charge is -2.31. The minimum atomic E-state index is 0. The number of likely N-dealkylation sites (tertiary alicyclic amines) is 1. The van der Waals surface area contributed by atoms with Crippen LogP contribution in [0, 0.1) is 5.92 Å². The first-order valence-corrected chi connectivity index (χ1v) is 9.32. The van der Waals surface area contributed by atoms with Crippen molar-refractivity contribution in [2.24, 2.45) is 18.0 Å². The molecule has 1 atom stereocenters. The first-order valence-electron chi connectivity index (χ1n) is 8.94. The van der Waals surface area contributed by atoms with E-state index in [-0.39, 0.29) is 24.0 Å². The lowest BCUT2D eigenvalue weighted by atomic mass is 10.0. The molecule has 1 unspecified atom stereocenters. The molecule has 0 aromatic carbocycles. The van der Waals surface area contributed by atoms with Crippen molar-refractivity contribution in [2.45, 2.75) is 32.7 Å². The average molecular weight is 482 g/mol. The second kappa shape index (κ2) is 11.3. The highest BCUT2D eigenvalue weighted by molar-refractivity contribution is 14.0. The maximum atomic E-state index is 6.06. The van der Waals surface area contributed by atoms with Crippen LogP contribution in [0.4, 0.5) is 0 Å². The molecule has 0 spiro atoms. The van der Waals surface area contributed by atoms with Crippen LogP contribution < -0.4 is 5.32 Å². The number of guanidine groups is 1. The molecule has 25 heavy (non-hydrogen) atoms. The van der Waals surface area contributed by atoms with Gasteiger partial charge in [0.15, 0.2) is 5.96 Å². The number of piperidine rings is 1. The molecule has 5 nitrogen and oxygen atoms in total. The third-order valence-electron chi connectivity index (χ3n) is 4.72. The predicted octanol–water partition coefficient (Wildman–Crippen LogP) is 3.43. The average Bonchev–Trinajstić information content (AvgIpc) is 2.85. The van der Waals surface area contributed by atoms with Gasteiger partial charge in [-0.1, -0.05) is 18.5 Å².